The topological polar surface area (TPSA) is 63.6 Å². The van der Waals surface area contributed by atoms with Gasteiger partial charge < -0.3 is 9.84 Å². The van der Waals surface area contributed by atoms with Crippen molar-refractivity contribution in [3.05, 3.63) is 70.8 Å². The number of carboxylic acid groups (broad SMARTS) is 1. The van der Waals surface area contributed by atoms with Gasteiger partial charge in [0.15, 0.2) is 5.78 Å². The number of ketones is 1. The van der Waals surface area contributed by atoms with E-state index in [1.54, 1.807) is 0 Å². The van der Waals surface area contributed by atoms with Crippen LogP contribution in [0.5, 0.6) is 5.75 Å². The minimum atomic E-state index is -4.41. The van der Waals surface area contributed by atoms with Crippen molar-refractivity contribution in [3.63, 3.8) is 0 Å². The fourth-order valence-electron chi connectivity index (χ4n) is 2.28. The number of methoxy groups -OCH3 is 1. The van der Waals surface area contributed by atoms with Gasteiger partial charge in [-0.25, -0.2) is 0 Å². The fourth-order valence-corrected chi connectivity index (χ4v) is 2.28. The zero-order valence-electron chi connectivity index (χ0n) is 13.7. The summed E-state index contributed by atoms with van der Waals surface area (Å²) >= 11 is 0. The van der Waals surface area contributed by atoms with Crippen molar-refractivity contribution in [1.29, 1.82) is 0 Å². The van der Waals surface area contributed by atoms with Crippen LogP contribution >= 0.6 is 0 Å². The Labute approximate surface area is 147 Å². The molecule has 0 amide bonds. The maximum absolute atomic E-state index is 12.5. The van der Waals surface area contributed by atoms with Gasteiger partial charge in [-0.3, -0.25) is 9.59 Å². The average molecular weight is 364 g/mol. The summed E-state index contributed by atoms with van der Waals surface area (Å²) in [6, 6.07) is 8.80. The number of benzene rings is 2. The van der Waals surface area contributed by atoms with E-state index < -0.39 is 23.5 Å². The van der Waals surface area contributed by atoms with Gasteiger partial charge in [0, 0.05) is 11.1 Å². The molecular formula is C19H15F3O4. The second-order valence-corrected chi connectivity index (χ2v) is 5.41. The van der Waals surface area contributed by atoms with Crippen molar-refractivity contribution >= 4 is 17.8 Å². The number of alkyl halides is 3. The third-order valence-corrected chi connectivity index (χ3v) is 3.57. The molecule has 2 rings (SSSR count). The third-order valence-electron chi connectivity index (χ3n) is 3.57. The van der Waals surface area contributed by atoms with Crippen LogP contribution in [0.3, 0.4) is 0 Å². The molecule has 2 aromatic carbocycles. The monoisotopic (exact) mass is 364 g/mol. The molecule has 136 valence electrons. The number of aliphatic carboxylic acids is 1. The molecule has 0 unspecified atom stereocenters. The molecule has 2 aromatic rings. The number of allylic oxidation sites excluding steroid dienone is 1. The normalized spacial score (nSPS) is 11.5. The first kappa shape index (κ1) is 19.2. The lowest BCUT2D eigenvalue weighted by Gasteiger charge is -2.08. The summed E-state index contributed by atoms with van der Waals surface area (Å²) in [6.07, 6.45) is -2.10. The summed E-state index contributed by atoms with van der Waals surface area (Å²) in [5.41, 5.74) is 0.277. The summed E-state index contributed by atoms with van der Waals surface area (Å²) in [5.74, 6) is -1.11. The number of rotatable bonds is 6. The van der Waals surface area contributed by atoms with Crippen LogP contribution in [-0.2, 0) is 17.4 Å². The van der Waals surface area contributed by atoms with Crippen molar-refractivity contribution in [2.24, 2.45) is 0 Å². The van der Waals surface area contributed by atoms with E-state index in [1.165, 1.54) is 49.6 Å². The second kappa shape index (κ2) is 7.86. The maximum Gasteiger partial charge on any atom is 0.416 e. The fraction of sp³-hybridized carbons (Fsp3) is 0.158. The predicted molar refractivity (Wildman–Crippen MR) is 89.1 cm³/mol. The van der Waals surface area contributed by atoms with Gasteiger partial charge in [-0.05, 0) is 42.0 Å². The van der Waals surface area contributed by atoms with Crippen LogP contribution in [0, 0.1) is 0 Å². The Morgan fingerprint density at radius 1 is 1.12 bits per heavy atom. The number of carboxylic acids is 1. The zero-order valence-corrected chi connectivity index (χ0v) is 13.7. The van der Waals surface area contributed by atoms with Crippen LogP contribution in [0.4, 0.5) is 13.2 Å². The van der Waals surface area contributed by atoms with Crippen LogP contribution in [0.2, 0.25) is 0 Å². The molecule has 0 atom stereocenters. The first-order valence-corrected chi connectivity index (χ1v) is 7.49. The van der Waals surface area contributed by atoms with Gasteiger partial charge in [-0.15, -0.1) is 0 Å². The Kier molecular flexibility index (Phi) is 5.82. The Morgan fingerprint density at radius 2 is 1.77 bits per heavy atom. The first-order chi connectivity index (χ1) is 12.2. The summed E-state index contributed by atoms with van der Waals surface area (Å²) in [5, 5.41) is 8.91. The lowest BCUT2D eigenvalue weighted by molar-refractivity contribution is -0.138. The highest BCUT2D eigenvalue weighted by molar-refractivity contribution is 6.07. The number of carbonyl (C=O) groups excluding carboxylic acids is 1. The molecule has 26 heavy (non-hydrogen) atoms. The second-order valence-electron chi connectivity index (χ2n) is 5.41. The van der Waals surface area contributed by atoms with Gasteiger partial charge >= 0.3 is 12.1 Å². The predicted octanol–water partition coefficient (Wildman–Crippen LogP) is 4.24. The molecule has 0 heterocycles. The Hall–Kier alpha value is -3.09. The highest BCUT2D eigenvalue weighted by atomic mass is 19.4. The van der Waals surface area contributed by atoms with E-state index in [9.17, 15) is 22.8 Å². The van der Waals surface area contributed by atoms with E-state index in [1.807, 2.05) is 0 Å². The smallest absolute Gasteiger partial charge is 0.416 e. The molecular weight excluding hydrogens is 349 g/mol. The molecule has 0 saturated heterocycles. The molecule has 0 saturated carbocycles. The zero-order chi connectivity index (χ0) is 19.3. The summed E-state index contributed by atoms with van der Waals surface area (Å²) in [4.78, 5) is 23.1. The maximum atomic E-state index is 12.5. The summed E-state index contributed by atoms with van der Waals surface area (Å²) in [7, 11) is 1.40. The van der Waals surface area contributed by atoms with Crippen molar-refractivity contribution in [1.82, 2.24) is 0 Å². The van der Waals surface area contributed by atoms with Gasteiger partial charge in [-0.2, -0.15) is 13.2 Å². The minimum Gasteiger partial charge on any atom is -0.496 e. The summed E-state index contributed by atoms with van der Waals surface area (Å²) in [6.45, 7) is 0. The quantitative estimate of drug-likeness (QED) is 0.615. The van der Waals surface area contributed by atoms with Gasteiger partial charge in [0.25, 0.3) is 0 Å². The molecule has 0 bridgehead atoms. The third kappa shape index (κ3) is 4.95. The molecule has 0 spiro atoms. The lowest BCUT2D eigenvalue weighted by Crippen LogP contribution is -2.05. The van der Waals surface area contributed by atoms with Crippen LogP contribution < -0.4 is 4.74 Å². The first-order valence-electron chi connectivity index (χ1n) is 7.49. The molecule has 0 aromatic heterocycles. The molecule has 0 aliphatic heterocycles. The van der Waals surface area contributed by atoms with Crippen molar-refractivity contribution in [2.45, 2.75) is 12.6 Å². The van der Waals surface area contributed by atoms with E-state index in [0.717, 1.165) is 12.1 Å². The van der Waals surface area contributed by atoms with E-state index in [0.29, 0.717) is 16.9 Å². The molecule has 0 aliphatic rings. The molecule has 7 heteroatoms. The average Bonchev–Trinajstić information content (AvgIpc) is 2.58. The van der Waals surface area contributed by atoms with E-state index in [-0.39, 0.29) is 12.0 Å². The molecule has 4 nitrogen and oxygen atoms in total. The van der Waals surface area contributed by atoms with E-state index >= 15 is 0 Å². The van der Waals surface area contributed by atoms with E-state index in [4.69, 9.17) is 9.84 Å². The van der Waals surface area contributed by atoms with Gasteiger partial charge in [-0.1, -0.05) is 18.2 Å². The molecule has 0 aliphatic carbocycles. The number of carbonyl (C=O) groups is 2. The molecule has 1 N–H and O–H groups in total. The van der Waals surface area contributed by atoms with Crippen LogP contribution in [-0.4, -0.2) is 24.0 Å². The molecule has 0 fully saturated rings. The van der Waals surface area contributed by atoms with Gasteiger partial charge in [0.05, 0.1) is 19.1 Å². The minimum absolute atomic E-state index is 0.255. The van der Waals surface area contributed by atoms with Crippen molar-refractivity contribution in [3.8, 4) is 5.75 Å². The lowest BCUT2D eigenvalue weighted by atomic mass is 10.0. The Bertz CT molecular complexity index is 837. The number of hydrogen-bond donors (Lipinski definition) is 1. The van der Waals surface area contributed by atoms with Gasteiger partial charge in [0.1, 0.15) is 5.75 Å². The largest absolute Gasteiger partial charge is 0.496 e. The standard InChI is InChI=1S/C19H15F3O4/c1-26-17-9-5-13(10-14(17)11-18(24)25)16(23)8-4-12-2-6-15(7-3-12)19(20,21)22/h2-10H,11H2,1H3,(H,24,25)/b8-4+. The van der Waals surface area contributed by atoms with Crippen LogP contribution in [0.25, 0.3) is 6.08 Å². The highest BCUT2D eigenvalue weighted by Gasteiger charge is 2.29. The number of ether oxygens (including phenoxy) is 1. The SMILES string of the molecule is COc1ccc(C(=O)/C=C/c2ccc(C(F)(F)F)cc2)cc1CC(=O)O. The number of halogens is 3. The highest BCUT2D eigenvalue weighted by Crippen LogP contribution is 2.29. The number of hydrogen-bond acceptors (Lipinski definition) is 3. The Balaban J connectivity index is 2.18. The molecule has 0 radical (unpaired) electrons. The van der Waals surface area contributed by atoms with Crippen molar-refractivity contribution in [2.75, 3.05) is 7.11 Å². The van der Waals surface area contributed by atoms with Crippen molar-refractivity contribution < 1.29 is 32.6 Å². The summed E-state index contributed by atoms with van der Waals surface area (Å²) < 4.78 is 42.6. The van der Waals surface area contributed by atoms with Crippen LogP contribution in [0.1, 0.15) is 27.0 Å². The Morgan fingerprint density at radius 3 is 2.31 bits per heavy atom. The van der Waals surface area contributed by atoms with E-state index in [2.05, 4.69) is 0 Å². The van der Waals surface area contributed by atoms with Gasteiger partial charge in [0.2, 0.25) is 0 Å². The van der Waals surface area contributed by atoms with Crippen LogP contribution in [0.15, 0.2) is 48.5 Å².